The Kier molecular flexibility index (Phi) is 10.4. The van der Waals surface area contributed by atoms with Crippen LogP contribution in [-0.4, -0.2) is 131 Å². The Labute approximate surface area is 304 Å². The number of thiophene rings is 1. The van der Waals surface area contributed by atoms with Gasteiger partial charge in [0.25, 0.3) is 0 Å². The van der Waals surface area contributed by atoms with Gasteiger partial charge >= 0.3 is 18.2 Å². The van der Waals surface area contributed by atoms with Gasteiger partial charge in [-0.05, 0) is 80.6 Å². The number of phenols is 1. The molecule has 278 valence electrons. The number of halogens is 4. The average molecular weight is 752 g/mol. The van der Waals surface area contributed by atoms with E-state index in [0.717, 1.165) is 36.6 Å². The van der Waals surface area contributed by atoms with Gasteiger partial charge in [0, 0.05) is 81.8 Å². The Balaban J connectivity index is 1.01. The van der Waals surface area contributed by atoms with Crippen LogP contribution in [0.2, 0.25) is 5.02 Å². The molecular weight excluding hydrogens is 707 g/mol. The summed E-state index contributed by atoms with van der Waals surface area (Å²) in [7, 11) is 2.21. The summed E-state index contributed by atoms with van der Waals surface area (Å²) in [6.45, 7) is 3.55. The Hall–Kier alpha value is -3.27. The van der Waals surface area contributed by atoms with Crippen molar-refractivity contribution in [1.29, 1.82) is 0 Å². The monoisotopic (exact) mass is 751 g/mol. The fraction of sp³-hybridized carbons (Fsp3) is 0.629. The number of hydrogen-bond acceptors (Lipinski definition) is 7. The van der Waals surface area contributed by atoms with Crippen molar-refractivity contribution in [2.45, 2.75) is 87.8 Å². The number of nitrogens with one attached hydrogen (secondary N) is 2. The molecule has 4 fully saturated rings. The average Bonchev–Trinajstić information content (AvgIpc) is 3.55. The Bertz CT molecular complexity index is 1610. The van der Waals surface area contributed by atoms with E-state index in [9.17, 15) is 32.7 Å². The molecular formula is C35H45ClF3N7O4S. The van der Waals surface area contributed by atoms with Crippen LogP contribution in [0.5, 0.6) is 5.75 Å². The Morgan fingerprint density at radius 1 is 0.961 bits per heavy atom. The Morgan fingerprint density at radius 2 is 1.65 bits per heavy atom. The van der Waals surface area contributed by atoms with E-state index in [1.807, 2.05) is 15.7 Å². The fourth-order valence-electron chi connectivity index (χ4n) is 8.76. The van der Waals surface area contributed by atoms with Crippen molar-refractivity contribution in [1.82, 2.24) is 29.8 Å². The molecule has 3 N–H and O–H groups in total. The number of carbonyl (C=O) groups excluding carboxylic acids is 3. The van der Waals surface area contributed by atoms with Crippen LogP contribution in [0.4, 0.5) is 28.4 Å². The smallest absolute Gasteiger partial charge is 0.420 e. The predicted molar refractivity (Wildman–Crippen MR) is 188 cm³/mol. The van der Waals surface area contributed by atoms with Gasteiger partial charge in [0.05, 0.1) is 16.3 Å². The molecule has 3 atom stereocenters. The third-order valence-corrected chi connectivity index (χ3v) is 12.8. The summed E-state index contributed by atoms with van der Waals surface area (Å²) in [5.41, 5.74) is 0.726. The number of fused-ring (bicyclic) bond motifs is 3. The maximum Gasteiger partial charge on any atom is 0.420 e. The first kappa shape index (κ1) is 36.1. The number of amides is 5. The number of nitrogens with zero attached hydrogens (tertiary/aromatic N) is 5. The van der Waals surface area contributed by atoms with Crippen LogP contribution in [0.25, 0.3) is 0 Å². The van der Waals surface area contributed by atoms with E-state index < -0.39 is 34.6 Å². The van der Waals surface area contributed by atoms with Gasteiger partial charge in [-0.2, -0.15) is 13.2 Å². The van der Waals surface area contributed by atoms with Crippen LogP contribution < -0.4 is 10.6 Å². The van der Waals surface area contributed by atoms with Crippen LogP contribution in [0, 0.1) is 0 Å². The second-order valence-corrected chi connectivity index (χ2v) is 15.8. The topological polar surface area (TPSA) is 112 Å². The van der Waals surface area contributed by atoms with Crippen LogP contribution in [0.1, 0.15) is 55.2 Å². The van der Waals surface area contributed by atoms with E-state index >= 15 is 0 Å². The molecule has 16 heteroatoms. The second kappa shape index (κ2) is 14.6. The van der Waals surface area contributed by atoms with Crippen molar-refractivity contribution in [3.8, 4) is 5.75 Å². The first-order valence-corrected chi connectivity index (χ1v) is 19.2. The molecule has 6 heterocycles. The predicted octanol–water partition coefficient (Wildman–Crippen LogP) is 5.07. The first-order valence-electron chi connectivity index (χ1n) is 17.9. The number of piperazine rings is 1. The van der Waals surface area contributed by atoms with Crippen LogP contribution >= 0.6 is 22.9 Å². The number of benzene rings is 1. The van der Waals surface area contributed by atoms with Gasteiger partial charge in [-0.25, -0.2) is 9.59 Å². The van der Waals surface area contributed by atoms with Crippen LogP contribution in [0.3, 0.4) is 0 Å². The zero-order valence-corrected chi connectivity index (χ0v) is 30.2. The van der Waals surface area contributed by atoms with Crippen molar-refractivity contribution >= 4 is 46.6 Å². The maximum atomic E-state index is 14.1. The van der Waals surface area contributed by atoms with Gasteiger partial charge in [-0.3, -0.25) is 9.69 Å². The number of piperidine rings is 2. The number of alkyl halides is 3. The molecule has 0 aliphatic carbocycles. The summed E-state index contributed by atoms with van der Waals surface area (Å²) >= 11 is 7.58. The third kappa shape index (κ3) is 7.63. The van der Waals surface area contributed by atoms with E-state index in [2.05, 4.69) is 27.5 Å². The molecule has 2 bridgehead atoms. The summed E-state index contributed by atoms with van der Waals surface area (Å²) in [6.07, 6.45) is 1.40. The van der Waals surface area contributed by atoms with E-state index in [0.29, 0.717) is 76.8 Å². The molecule has 1 aromatic carbocycles. The van der Waals surface area contributed by atoms with Gasteiger partial charge in [0.2, 0.25) is 5.91 Å². The lowest BCUT2D eigenvalue weighted by atomic mass is 9.95. The molecule has 1 aromatic heterocycles. The van der Waals surface area contributed by atoms with Gasteiger partial charge in [0.15, 0.2) is 0 Å². The lowest BCUT2D eigenvalue weighted by Crippen LogP contribution is -2.60. The lowest BCUT2D eigenvalue weighted by Gasteiger charge is -2.45. The zero-order valence-electron chi connectivity index (χ0n) is 28.6. The highest BCUT2D eigenvalue weighted by molar-refractivity contribution is 7.08. The van der Waals surface area contributed by atoms with Crippen LogP contribution in [-0.2, 0) is 23.8 Å². The summed E-state index contributed by atoms with van der Waals surface area (Å²) in [5, 5.41) is 19.4. The standard InChI is InChI=1S/C35H45ClF3N7O4S/c1-42-24-2-3-25(42)18-26(17-24)43-10-12-44(13-11-43)32(48)29(16-21-14-27(35(37,38)39)31(47)28(36)15-21)40-33(49)45-7-5-23(6-8-45)46-9-4-22-19-51-20-30(22)41-34(46)50/h14-15,19-20,23-26,29,47H,2-13,16-18H2,1H3,(H,40,49)(H,41,50)/t24?,25?,26?,29-/m1/s1. The Morgan fingerprint density at radius 3 is 2.31 bits per heavy atom. The summed E-state index contributed by atoms with van der Waals surface area (Å²) in [5.74, 6) is -1.44. The third-order valence-electron chi connectivity index (χ3n) is 11.7. The van der Waals surface area contributed by atoms with Gasteiger partial charge in [0.1, 0.15) is 11.8 Å². The van der Waals surface area contributed by atoms with E-state index in [1.54, 1.807) is 21.1 Å². The fourth-order valence-corrected chi connectivity index (χ4v) is 9.82. The number of urea groups is 2. The van der Waals surface area contributed by atoms with Crippen molar-refractivity contribution in [2.24, 2.45) is 0 Å². The van der Waals surface area contributed by atoms with Crippen molar-refractivity contribution in [2.75, 3.05) is 58.2 Å². The van der Waals surface area contributed by atoms with Crippen molar-refractivity contribution in [3.05, 3.63) is 44.6 Å². The first-order chi connectivity index (χ1) is 24.4. The highest BCUT2D eigenvalue weighted by Gasteiger charge is 2.42. The van der Waals surface area contributed by atoms with E-state index in [1.165, 1.54) is 18.9 Å². The number of anilines is 1. The summed E-state index contributed by atoms with van der Waals surface area (Å²) in [4.78, 5) is 50.9. The van der Waals surface area contributed by atoms with Crippen LogP contribution in [0.15, 0.2) is 22.9 Å². The normalized spacial score (nSPS) is 25.7. The molecule has 2 aromatic rings. The summed E-state index contributed by atoms with van der Waals surface area (Å²) in [6, 6.07) is 1.78. The highest BCUT2D eigenvalue weighted by Crippen LogP contribution is 2.41. The molecule has 0 spiro atoms. The maximum absolute atomic E-state index is 14.1. The number of likely N-dealkylation sites (tertiary alicyclic amines) is 1. The quantitative estimate of drug-likeness (QED) is 0.381. The number of hydrogen-bond donors (Lipinski definition) is 3. The van der Waals surface area contributed by atoms with Crippen molar-refractivity contribution in [3.63, 3.8) is 0 Å². The van der Waals surface area contributed by atoms with Gasteiger partial charge < -0.3 is 35.3 Å². The number of carbonyl (C=O) groups is 3. The molecule has 5 amide bonds. The number of aromatic hydroxyl groups is 1. The van der Waals surface area contributed by atoms with Gasteiger partial charge in [-0.15, -0.1) is 11.3 Å². The lowest BCUT2D eigenvalue weighted by molar-refractivity contribution is -0.138. The number of phenolic OH excluding ortho intramolecular Hbond substituents is 1. The largest absolute Gasteiger partial charge is 0.506 e. The molecule has 0 saturated carbocycles. The molecule has 0 radical (unpaired) electrons. The minimum absolute atomic E-state index is 0.0601. The minimum atomic E-state index is -4.86. The summed E-state index contributed by atoms with van der Waals surface area (Å²) < 4.78 is 41.3. The molecule has 2 unspecified atom stereocenters. The number of rotatable bonds is 6. The zero-order chi connectivity index (χ0) is 36.0. The molecule has 4 saturated heterocycles. The van der Waals surface area contributed by atoms with Crippen molar-refractivity contribution < 1.29 is 32.7 Å². The molecule has 11 nitrogen and oxygen atoms in total. The second-order valence-electron chi connectivity index (χ2n) is 14.6. The van der Waals surface area contributed by atoms with Gasteiger partial charge in [-0.1, -0.05) is 11.6 Å². The molecule has 5 aliphatic heterocycles. The minimum Gasteiger partial charge on any atom is -0.506 e. The van der Waals surface area contributed by atoms with E-state index in [4.69, 9.17) is 11.6 Å². The van der Waals surface area contributed by atoms with E-state index in [-0.39, 0.29) is 30.0 Å². The highest BCUT2D eigenvalue weighted by atomic mass is 35.5. The molecule has 7 rings (SSSR count). The molecule has 51 heavy (non-hydrogen) atoms. The SMILES string of the molecule is CN1C2CCC1CC(N1CCN(C(=O)[C@@H](Cc3cc(Cl)c(O)c(C(F)(F)F)c3)NC(=O)N3CCC(N4CCc5cscc5NC4=O)CC3)CC1)C2. The molecule has 5 aliphatic rings.